The van der Waals surface area contributed by atoms with Gasteiger partial charge in [0.05, 0.1) is 34.7 Å². The zero-order chi connectivity index (χ0) is 21.4. The molecule has 1 heterocycles. The van der Waals surface area contributed by atoms with Crippen LogP contribution in [0.25, 0.3) is 0 Å². The summed E-state index contributed by atoms with van der Waals surface area (Å²) >= 11 is 0. The second-order valence-electron chi connectivity index (χ2n) is 6.30. The van der Waals surface area contributed by atoms with Crippen molar-refractivity contribution in [3.05, 3.63) is 51.2 Å². The third-order valence-electron chi connectivity index (χ3n) is 4.67. The molecule has 1 aliphatic rings. The second kappa shape index (κ2) is 10.1. The number of hydrogen-bond donors (Lipinski definition) is 1. The van der Waals surface area contributed by atoms with Crippen molar-refractivity contribution in [2.45, 2.75) is 45.1 Å². The normalized spacial score (nSPS) is 18.4. The first kappa shape index (κ1) is 21.8. The molecule has 29 heavy (non-hydrogen) atoms. The number of amides is 1. The van der Waals surface area contributed by atoms with Crippen LogP contribution in [0.3, 0.4) is 0 Å². The quantitative estimate of drug-likeness (QED) is 0.223. The third kappa shape index (κ3) is 4.85. The minimum atomic E-state index is -0.614. The third-order valence-corrected chi connectivity index (χ3v) is 4.67. The maximum absolute atomic E-state index is 12.9. The van der Waals surface area contributed by atoms with E-state index in [0.29, 0.717) is 36.2 Å². The Kier molecular flexibility index (Phi) is 7.60. The van der Waals surface area contributed by atoms with Gasteiger partial charge in [-0.3, -0.25) is 19.9 Å². The van der Waals surface area contributed by atoms with E-state index in [1.165, 1.54) is 12.1 Å². The first-order valence-corrected chi connectivity index (χ1v) is 9.27. The van der Waals surface area contributed by atoms with Crippen LogP contribution in [0.15, 0.2) is 40.5 Å². The number of aliphatic imine (C=N–C) groups is 1. The Hall–Kier alpha value is -3.54. The van der Waals surface area contributed by atoms with Crippen molar-refractivity contribution in [2.75, 3.05) is 6.61 Å². The molecule has 0 saturated carbocycles. The van der Waals surface area contributed by atoms with Gasteiger partial charge in [0.25, 0.3) is 5.69 Å². The lowest BCUT2D eigenvalue weighted by Crippen LogP contribution is -2.45. The number of nitro groups is 1. The fraction of sp³-hybridized carbons (Fsp3) is 0.400. The number of carbonyl (C=O) groups is 2. The first-order chi connectivity index (χ1) is 14.0. The predicted molar refractivity (Wildman–Crippen MR) is 105 cm³/mol. The zero-order valence-electron chi connectivity index (χ0n) is 16.3. The van der Waals surface area contributed by atoms with E-state index in [0.717, 1.165) is 0 Å². The molecule has 1 amide bonds. The van der Waals surface area contributed by atoms with Gasteiger partial charge in [0.15, 0.2) is 0 Å². The number of esters is 1. The number of nitro benzene ring substituents is 1. The highest BCUT2D eigenvalue weighted by Gasteiger charge is 2.39. The Balaban J connectivity index is 2.59. The fourth-order valence-electron chi connectivity index (χ4n) is 3.35. The van der Waals surface area contributed by atoms with Gasteiger partial charge in [0.1, 0.15) is 6.61 Å². The van der Waals surface area contributed by atoms with Gasteiger partial charge in [-0.25, -0.2) is 4.79 Å². The van der Waals surface area contributed by atoms with E-state index in [-0.39, 0.29) is 24.3 Å². The van der Waals surface area contributed by atoms with Crippen LogP contribution in [0.4, 0.5) is 5.69 Å². The van der Waals surface area contributed by atoms with Gasteiger partial charge in [0.2, 0.25) is 6.41 Å². The van der Waals surface area contributed by atoms with Gasteiger partial charge in [-0.05, 0) is 18.4 Å². The van der Waals surface area contributed by atoms with E-state index in [2.05, 4.69) is 10.3 Å². The standard InChI is InChI=1S/C20H22N4O5/c1-3-15-18(20(26)29-11-5-10-21)17(19(22-12-25)16(4-2)23-15)13-6-8-14(9-7-13)24(27)28/h6-9,12,17,19H,3-5,11H2,1-2H3,(H,22,25). The monoisotopic (exact) mass is 398 g/mol. The number of ether oxygens (including phenoxy) is 1. The first-order valence-electron chi connectivity index (χ1n) is 9.27. The highest BCUT2D eigenvalue weighted by Crippen LogP contribution is 2.37. The van der Waals surface area contributed by atoms with Gasteiger partial charge in [-0.1, -0.05) is 26.0 Å². The van der Waals surface area contributed by atoms with Crippen molar-refractivity contribution in [3.63, 3.8) is 0 Å². The van der Waals surface area contributed by atoms with E-state index in [1.807, 2.05) is 19.9 Å². The van der Waals surface area contributed by atoms with Gasteiger partial charge in [-0.15, -0.1) is 0 Å². The summed E-state index contributed by atoms with van der Waals surface area (Å²) in [4.78, 5) is 39.2. The number of allylic oxidation sites excluding steroid dienone is 1. The summed E-state index contributed by atoms with van der Waals surface area (Å²) in [6.45, 7) is 3.70. The van der Waals surface area contributed by atoms with Crippen molar-refractivity contribution in [1.29, 1.82) is 5.26 Å². The number of benzene rings is 1. The molecule has 1 N–H and O–H groups in total. The molecule has 0 saturated heterocycles. The lowest BCUT2D eigenvalue weighted by atomic mass is 9.78. The molecule has 1 aliphatic heterocycles. The molecule has 0 spiro atoms. The number of hydrogen-bond acceptors (Lipinski definition) is 7. The molecule has 0 aliphatic carbocycles. The summed E-state index contributed by atoms with van der Waals surface area (Å²) in [6.07, 6.45) is 1.62. The smallest absolute Gasteiger partial charge is 0.336 e. The van der Waals surface area contributed by atoms with Gasteiger partial charge in [-0.2, -0.15) is 5.26 Å². The summed E-state index contributed by atoms with van der Waals surface area (Å²) in [5, 5.41) is 22.4. The van der Waals surface area contributed by atoms with Crippen molar-refractivity contribution in [2.24, 2.45) is 4.99 Å². The van der Waals surface area contributed by atoms with E-state index < -0.39 is 22.9 Å². The second-order valence-corrected chi connectivity index (χ2v) is 6.30. The molecular weight excluding hydrogens is 376 g/mol. The van der Waals surface area contributed by atoms with Crippen LogP contribution in [-0.4, -0.2) is 35.7 Å². The number of non-ortho nitro benzene ring substituents is 1. The van der Waals surface area contributed by atoms with Crippen LogP contribution in [0, 0.1) is 21.4 Å². The van der Waals surface area contributed by atoms with Crippen molar-refractivity contribution in [1.82, 2.24) is 5.32 Å². The molecule has 0 aromatic heterocycles. The van der Waals surface area contributed by atoms with Crippen LogP contribution in [-0.2, 0) is 14.3 Å². The summed E-state index contributed by atoms with van der Waals surface area (Å²) < 4.78 is 5.25. The minimum Gasteiger partial charge on any atom is -0.461 e. The van der Waals surface area contributed by atoms with Crippen molar-refractivity contribution < 1.29 is 19.2 Å². The summed E-state index contributed by atoms with van der Waals surface area (Å²) in [6, 6.07) is 7.17. The molecule has 0 radical (unpaired) electrons. The fourth-order valence-corrected chi connectivity index (χ4v) is 3.35. The topological polar surface area (TPSA) is 135 Å². The molecule has 2 rings (SSSR count). The van der Waals surface area contributed by atoms with E-state index >= 15 is 0 Å². The number of carbonyl (C=O) groups excluding carboxylic acids is 2. The molecule has 1 aromatic carbocycles. The van der Waals surface area contributed by atoms with Crippen LogP contribution in [0.2, 0.25) is 0 Å². The lowest BCUT2D eigenvalue weighted by Gasteiger charge is -2.34. The lowest BCUT2D eigenvalue weighted by molar-refractivity contribution is -0.384. The zero-order valence-corrected chi connectivity index (χ0v) is 16.3. The maximum atomic E-state index is 12.9. The highest BCUT2D eigenvalue weighted by atomic mass is 16.6. The van der Waals surface area contributed by atoms with Gasteiger partial charge in [0, 0.05) is 23.8 Å². The molecule has 2 atom stereocenters. The average molecular weight is 398 g/mol. The van der Waals surface area contributed by atoms with Gasteiger partial charge < -0.3 is 10.1 Å². The molecule has 9 nitrogen and oxygen atoms in total. The summed E-state index contributed by atoms with van der Waals surface area (Å²) in [5.41, 5.74) is 2.07. The van der Waals surface area contributed by atoms with E-state index in [1.54, 1.807) is 12.1 Å². The van der Waals surface area contributed by atoms with E-state index in [4.69, 9.17) is 10.00 Å². The number of rotatable bonds is 9. The SMILES string of the molecule is CCC1=NC(CC)=C(C(=O)OCCC#N)C(c2ccc([N+](=O)[O-])cc2)C1NC=O. The van der Waals surface area contributed by atoms with Crippen LogP contribution >= 0.6 is 0 Å². The van der Waals surface area contributed by atoms with E-state index in [9.17, 15) is 19.7 Å². The molecule has 1 aromatic rings. The van der Waals surface area contributed by atoms with Gasteiger partial charge >= 0.3 is 5.97 Å². The Morgan fingerprint density at radius 2 is 2.03 bits per heavy atom. The number of nitriles is 1. The molecule has 0 bridgehead atoms. The number of nitrogens with one attached hydrogen (secondary N) is 1. The largest absolute Gasteiger partial charge is 0.461 e. The average Bonchev–Trinajstić information content (AvgIpc) is 2.73. The Morgan fingerprint density at radius 1 is 1.34 bits per heavy atom. The molecule has 2 unspecified atom stereocenters. The highest BCUT2D eigenvalue weighted by molar-refractivity contribution is 6.00. The molecular formula is C20H22N4O5. The van der Waals surface area contributed by atoms with Crippen LogP contribution in [0.5, 0.6) is 0 Å². The van der Waals surface area contributed by atoms with Crippen molar-refractivity contribution >= 4 is 23.8 Å². The number of nitrogens with zero attached hydrogens (tertiary/aromatic N) is 3. The summed E-state index contributed by atoms with van der Waals surface area (Å²) in [5.74, 6) is -1.23. The Bertz CT molecular complexity index is 883. The molecule has 152 valence electrons. The molecule has 0 fully saturated rings. The van der Waals surface area contributed by atoms with Crippen LogP contribution in [0.1, 0.15) is 44.6 Å². The molecule has 9 heteroatoms. The Morgan fingerprint density at radius 3 is 2.55 bits per heavy atom. The Labute approximate surface area is 168 Å². The van der Waals surface area contributed by atoms with Crippen molar-refractivity contribution in [3.8, 4) is 6.07 Å². The van der Waals surface area contributed by atoms with Crippen LogP contribution < -0.4 is 5.32 Å². The minimum absolute atomic E-state index is 0.0566. The predicted octanol–water partition coefficient (Wildman–Crippen LogP) is 2.78. The maximum Gasteiger partial charge on any atom is 0.336 e. The summed E-state index contributed by atoms with van der Waals surface area (Å²) in [7, 11) is 0.